The molecule has 0 aliphatic carbocycles. The zero-order chi connectivity index (χ0) is 26.6. The Morgan fingerprint density at radius 3 is 2.32 bits per heavy atom. The van der Waals surface area contributed by atoms with Crippen molar-refractivity contribution in [1.82, 2.24) is 14.7 Å². The number of methoxy groups -OCH3 is 4. The summed E-state index contributed by atoms with van der Waals surface area (Å²) in [5.41, 5.74) is 0.802. The number of likely N-dealkylation sites (tertiary alicyclic amines) is 1. The van der Waals surface area contributed by atoms with Crippen LogP contribution in [0.5, 0.6) is 23.0 Å². The first kappa shape index (κ1) is 26.6. The van der Waals surface area contributed by atoms with Crippen LogP contribution in [-0.2, 0) is 22.6 Å². The van der Waals surface area contributed by atoms with E-state index in [1.165, 1.54) is 19.1 Å². The van der Waals surface area contributed by atoms with Crippen LogP contribution in [0.4, 0.5) is 4.79 Å². The Morgan fingerprint density at radius 1 is 0.919 bits per heavy atom. The number of phenols is 1. The molecule has 0 radical (unpaired) electrons. The molecule has 2 aliphatic rings. The molecule has 4 rings (SSSR count). The van der Waals surface area contributed by atoms with Crippen LogP contribution in [0.3, 0.4) is 0 Å². The van der Waals surface area contributed by atoms with Crippen molar-refractivity contribution in [3.05, 3.63) is 47.5 Å². The lowest BCUT2D eigenvalue weighted by molar-refractivity contribution is -0.136. The highest BCUT2D eigenvalue weighted by molar-refractivity contribution is 6.07. The number of benzene rings is 2. The number of carbonyl (C=O) groups excluding carboxylic acids is 2. The summed E-state index contributed by atoms with van der Waals surface area (Å²) in [6.45, 7) is 2.68. The summed E-state index contributed by atoms with van der Waals surface area (Å²) in [7, 11) is 6.18. The van der Waals surface area contributed by atoms with Crippen molar-refractivity contribution < 1.29 is 33.6 Å². The molecule has 1 N–H and O–H groups in total. The first-order valence-electron chi connectivity index (χ1n) is 12.3. The first-order valence-corrected chi connectivity index (χ1v) is 12.3. The van der Waals surface area contributed by atoms with Crippen LogP contribution in [0.2, 0.25) is 0 Å². The van der Waals surface area contributed by atoms with E-state index in [9.17, 15) is 14.7 Å². The molecular formula is C27H35N3O7. The average Bonchev–Trinajstić information content (AvgIpc) is 3.09. The second-order valence-electron chi connectivity index (χ2n) is 9.33. The number of urea groups is 1. The Bertz CT molecular complexity index is 1130. The van der Waals surface area contributed by atoms with Gasteiger partial charge in [-0.15, -0.1) is 0 Å². The zero-order valence-electron chi connectivity index (χ0n) is 21.9. The quantitative estimate of drug-likeness (QED) is 0.484. The number of amides is 3. The Labute approximate surface area is 217 Å². The molecule has 0 saturated carbocycles. The molecule has 2 aliphatic heterocycles. The van der Waals surface area contributed by atoms with E-state index >= 15 is 0 Å². The fourth-order valence-electron chi connectivity index (χ4n) is 5.28. The third-order valence-electron chi connectivity index (χ3n) is 7.22. The largest absolute Gasteiger partial charge is 0.504 e. The highest BCUT2D eigenvalue weighted by Gasteiger charge is 2.57. The maximum absolute atomic E-state index is 13.8. The Morgan fingerprint density at radius 2 is 1.68 bits per heavy atom. The van der Waals surface area contributed by atoms with E-state index in [2.05, 4.69) is 4.90 Å². The zero-order valence-corrected chi connectivity index (χ0v) is 21.9. The van der Waals surface area contributed by atoms with Crippen molar-refractivity contribution >= 4 is 11.9 Å². The van der Waals surface area contributed by atoms with Crippen molar-refractivity contribution in [3.8, 4) is 23.0 Å². The van der Waals surface area contributed by atoms with Crippen LogP contribution in [0.15, 0.2) is 36.4 Å². The highest BCUT2D eigenvalue weighted by atomic mass is 16.5. The molecule has 2 aromatic rings. The molecule has 37 heavy (non-hydrogen) atoms. The van der Waals surface area contributed by atoms with Gasteiger partial charge in [-0.05, 0) is 48.2 Å². The van der Waals surface area contributed by atoms with E-state index in [4.69, 9.17) is 18.9 Å². The Hall–Kier alpha value is -3.50. The van der Waals surface area contributed by atoms with Gasteiger partial charge in [-0.2, -0.15) is 0 Å². The van der Waals surface area contributed by atoms with Gasteiger partial charge in [-0.1, -0.05) is 12.1 Å². The molecule has 2 heterocycles. The predicted molar refractivity (Wildman–Crippen MR) is 136 cm³/mol. The summed E-state index contributed by atoms with van der Waals surface area (Å²) in [5.74, 6) is 1.28. The monoisotopic (exact) mass is 513 g/mol. The van der Waals surface area contributed by atoms with E-state index < -0.39 is 5.54 Å². The molecule has 0 aromatic heterocycles. The lowest BCUT2D eigenvalue weighted by atomic mass is 9.85. The summed E-state index contributed by atoms with van der Waals surface area (Å²) in [4.78, 5) is 32.5. The summed E-state index contributed by atoms with van der Waals surface area (Å²) >= 11 is 0. The fraction of sp³-hybridized carbons (Fsp3) is 0.481. The number of nitrogens with zero attached hydrogens (tertiary/aromatic N) is 3. The molecule has 10 heteroatoms. The minimum Gasteiger partial charge on any atom is -0.504 e. The summed E-state index contributed by atoms with van der Waals surface area (Å²) in [6.07, 6.45) is 1.02. The van der Waals surface area contributed by atoms with Crippen LogP contribution < -0.4 is 14.2 Å². The Balaban J connectivity index is 1.51. The van der Waals surface area contributed by atoms with E-state index in [0.29, 0.717) is 62.9 Å². The number of rotatable bonds is 10. The van der Waals surface area contributed by atoms with E-state index in [-0.39, 0.29) is 24.2 Å². The number of phenolic OH excluding ortho intramolecular Hbond substituents is 1. The second kappa shape index (κ2) is 11.3. The van der Waals surface area contributed by atoms with Crippen LogP contribution in [0.25, 0.3) is 0 Å². The average molecular weight is 514 g/mol. The number of carbonyl (C=O) groups is 2. The van der Waals surface area contributed by atoms with Gasteiger partial charge in [0.25, 0.3) is 5.91 Å². The van der Waals surface area contributed by atoms with Crippen molar-refractivity contribution in [2.24, 2.45) is 0 Å². The van der Waals surface area contributed by atoms with Crippen LogP contribution >= 0.6 is 0 Å². The smallest absolute Gasteiger partial charge is 0.328 e. The molecular weight excluding hydrogens is 478 g/mol. The van der Waals surface area contributed by atoms with Gasteiger partial charge < -0.3 is 29.0 Å². The van der Waals surface area contributed by atoms with Gasteiger partial charge >= 0.3 is 6.03 Å². The SMILES string of the molecule is COCCN1C(=O)N(Cc2cccc(OC)c2)C(=O)C12CCN(Cc1cc(O)c(OC)c(OC)c1)CC2. The van der Waals surface area contributed by atoms with Crippen molar-refractivity contribution in [1.29, 1.82) is 0 Å². The van der Waals surface area contributed by atoms with E-state index in [1.807, 2.05) is 30.3 Å². The van der Waals surface area contributed by atoms with Crippen molar-refractivity contribution in [3.63, 3.8) is 0 Å². The lowest BCUT2D eigenvalue weighted by Gasteiger charge is -2.42. The van der Waals surface area contributed by atoms with Gasteiger partial charge in [0.15, 0.2) is 11.5 Å². The normalized spacial score (nSPS) is 17.5. The maximum atomic E-state index is 13.8. The van der Waals surface area contributed by atoms with Crippen molar-refractivity contribution in [2.45, 2.75) is 31.5 Å². The highest BCUT2D eigenvalue weighted by Crippen LogP contribution is 2.40. The molecule has 0 bridgehead atoms. The molecule has 0 unspecified atom stereocenters. The number of ether oxygens (including phenoxy) is 4. The standard InChI is InChI=1S/C27H35N3O7/c1-34-13-12-30-26(33)29(18-19-6-5-7-21(14-19)35-2)25(32)27(30)8-10-28(11-9-27)17-20-15-22(31)24(37-4)23(16-20)36-3/h5-7,14-16,31H,8-13,17-18H2,1-4H3. The predicted octanol–water partition coefficient (Wildman–Crippen LogP) is 2.86. The van der Waals surface area contributed by atoms with Gasteiger partial charge in [-0.25, -0.2) is 4.79 Å². The van der Waals surface area contributed by atoms with E-state index in [1.54, 1.807) is 25.2 Å². The maximum Gasteiger partial charge on any atom is 0.328 e. The summed E-state index contributed by atoms with van der Waals surface area (Å²) in [6, 6.07) is 10.6. The van der Waals surface area contributed by atoms with Crippen LogP contribution in [0, 0.1) is 0 Å². The lowest BCUT2D eigenvalue weighted by Crippen LogP contribution is -2.57. The Kier molecular flexibility index (Phi) is 8.09. The minimum absolute atomic E-state index is 0.0147. The minimum atomic E-state index is -0.898. The number of aromatic hydroxyl groups is 1. The number of hydrogen-bond acceptors (Lipinski definition) is 8. The van der Waals surface area contributed by atoms with Crippen molar-refractivity contribution in [2.75, 3.05) is 54.7 Å². The van der Waals surface area contributed by atoms with Gasteiger partial charge in [-0.3, -0.25) is 14.6 Å². The number of piperidine rings is 1. The summed E-state index contributed by atoms with van der Waals surface area (Å²) < 4.78 is 21.1. The van der Waals surface area contributed by atoms with Crippen LogP contribution in [0.1, 0.15) is 24.0 Å². The third kappa shape index (κ3) is 5.17. The summed E-state index contributed by atoms with van der Waals surface area (Å²) in [5, 5.41) is 10.3. The third-order valence-corrected chi connectivity index (χ3v) is 7.22. The first-order chi connectivity index (χ1) is 17.9. The van der Waals surface area contributed by atoms with Gasteiger partial charge in [0.1, 0.15) is 11.3 Å². The number of imide groups is 1. The van der Waals surface area contributed by atoms with Gasteiger partial charge in [0.2, 0.25) is 5.75 Å². The molecule has 1 spiro atoms. The van der Waals surface area contributed by atoms with E-state index in [0.717, 1.165) is 11.1 Å². The molecule has 0 atom stereocenters. The van der Waals surface area contributed by atoms with Gasteiger partial charge in [0, 0.05) is 33.3 Å². The second-order valence-corrected chi connectivity index (χ2v) is 9.33. The molecule has 2 saturated heterocycles. The number of hydrogen-bond donors (Lipinski definition) is 1. The van der Waals surface area contributed by atoms with Gasteiger partial charge in [0.05, 0.1) is 34.5 Å². The molecule has 200 valence electrons. The topological polar surface area (TPSA) is 101 Å². The molecule has 2 aromatic carbocycles. The molecule has 2 fully saturated rings. The van der Waals surface area contributed by atoms with Crippen LogP contribution in [-0.4, -0.2) is 92.0 Å². The fourth-order valence-corrected chi connectivity index (χ4v) is 5.28. The molecule has 10 nitrogen and oxygen atoms in total. The molecule has 3 amide bonds.